The molecule has 1 amide bonds. The summed E-state index contributed by atoms with van der Waals surface area (Å²) in [6.45, 7) is 13.1. The highest BCUT2D eigenvalue weighted by Gasteiger charge is 2.32. The van der Waals surface area contributed by atoms with Crippen molar-refractivity contribution in [2.45, 2.75) is 53.2 Å². The number of amides is 1. The number of aromatic nitrogens is 2. The van der Waals surface area contributed by atoms with Gasteiger partial charge in [0.1, 0.15) is 23.6 Å². The van der Waals surface area contributed by atoms with Gasteiger partial charge in [-0.2, -0.15) is 0 Å². The van der Waals surface area contributed by atoms with Crippen molar-refractivity contribution in [3.05, 3.63) is 59.3 Å². The minimum atomic E-state index is -0.536. The molecule has 0 aliphatic carbocycles. The van der Waals surface area contributed by atoms with E-state index >= 15 is 0 Å². The number of rotatable bonds is 3. The maximum atomic E-state index is 14.6. The van der Waals surface area contributed by atoms with E-state index in [4.69, 9.17) is 4.74 Å². The fraction of sp³-hybridized carbons (Fsp3) is 0.458. The Morgan fingerprint density at radius 1 is 1.23 bits per heavy atom. The van der Waals surface area contributed by atoms with Gasteiger partial charge in [0.05, 0.1) is 5.69 Å². The summed E-state index contributed by atoms with van der Waals surface area (Å²) < 4.78 is 20.2. The maximum Gasteiger partial charge on any atom is 0.410 e. The number of anilines is 1. The van der Waals surface area contributed by atoms with Crippen LogP contribution in [0.4, 0.5) is 15.0 Å². The van der Waals surface area contributed by atoms with Crippen LogP contribution in [0.2, 0.25) is 0 Å². The molecule has 0 radical (unpaired) electrons. The lowest BCUT2D eigenvalue weighted by atomic mass is 9.95. The van der Waals surface area contributed by atoms with Crippen LogP contribution >= 0.6 is 0 Å². The molecule has 7 heteroatoms. The van der Waals surface area contributed by atoms with Gasteiger partial charge in [0.15, 0.2) is 0 Å². The van der Waals surface area contributed by atoms with Gasteiger partial charge < -0.3 is 14.5 Å². The second-order valence-corrected chi connectivity index (χ2v) is 8.81. The molecule has 2 aromatic rings. The minimum Gasteiger partial charge on any atom is -0.444 e. The van der Waals surface area contributed by atoms with E-state index in [0.29, 0.717) is 25.2 Å². The Bertz CT molecular complexity index is 984. The Morgan fingerprint density at radius 3 is 2.55 bits per heavy atom. The van der Waals surface area contributed by atoms with Crippen LogP contribution in [-0.4, -0.2) is 52.2 Å². The van der Waals surface area contributed by atoms with E-state index in [1.54, 1.807) is 17.0 Å². The summed E-state index contributed by atoms with van der Waals surface area (Å²) in [6, 6.07) is 6.67. The molecule has 166 valence electrons. The second kappa shape index (κ2) is 9.04. The number of hydrogen-bond donors (Lipinski definition) is 0. The van der Waals surface area contributed by atoms with Crippen molar-refractivity contribution in [3.63, 3.8) is 0 Å². The van der Waals surface area contributed by atoms with Crippen molar-refractivity contribution < 1.29 is 13.9 Å². The van der Waals surface area contributed by atoms with Crippen molar-refractivity contribution in [1.82, 2.24) is 14.9 Å². The van der Waals surface area contributed by atoms with Gasteiger partial charge >= 0.3 is 6.09 Å². The van der Waals surface area contributed by atoms with E-state index in [1.165, 1.54) is 12.4 Å². The highest BCUT2D eigenvalue weighted by molar-refractivity contribution is 5.86. The van der Waals surface area contributed by atoms with Gasteiger partial charge in [-0.1, -0.05) is 24.3 Å². The highest BCUT2D eigenvalue weighted by Crippen LogP contribution is 2.34. The molecule has 0 N–H and O–H groups in total. The monoisotopic (exact) mass is 426 g/mol. The molecule has 0 bridgehead atoms. The van der Waals surface area contributed by atoms with E-state index in [2.05, 4.69) is 14.9 Å². The summed E-state index contributed by atoms with van der Waals surface area (Å²) in [6.07, 6.45) is 3.13. The molecule has 1 aliphatic rings. The fourth-order valence-electron chi connectivity index (χ4n) is 3.87. The molecule has 1 aliphatic heterocycles. The Labute approximate surface area is 183 Å². The SMILES string of the molecule is C/C=C(/c1ccccc1F)c1c(C)ncnc1N1CCN(C(=O)OC(C)(C)C)C(C)C1. The first-order valence-corrected chi connectivity index (χ1v) is 10.6. The van der Waals surface area contributed by atoms with Gasteiger partial charge in [-0.25, -0.2) is 19.2 Å². The number of aryl methyl sites for hydroxylation is 1. The van der Waals surface area contributed by atoms with Gasteiger partial charge in [0.25, 0.3) is 0 Å². The van der Waals surface area contributed by atoms with Crippen molar-refractivity contribution in [2.75, 3.05) is 24.5 Å². The molecule has 1 aromatic heterocycles. The van der Waals surface area contributed by atoms with Crippen LogP contribution in [0.25, 0.3) is 5.57 Å². The first kappa shape index (κ1) is 22.7. The summed E-state index contributed by atoms with van der Waals surface area (Å²) in [5.41, 5.74) is 2.33. The molecular weight excluding hydrogens is 395 g/mol. The molecule has 1 atom stereocenters. The van der Waals surface area contributed by atoms with Crippen LogP contribution in [0.1, 0.15) is 51.4 Å². The Balaban J connectivity index is 1.91. The first-order chi connectivity index (χ1) is 14.6. The highest BCUT2D eigenvalue weighted by atomic mass is 19.1. The third kappa shape index (κ3) is 5.03. The number of benzene rings is 1. The van der Waals surface area contributed by atoms with Crippen LogP contribution in [0, 0.1) is 12.7 Å². The predicted molar refractivity (Wildman–Crippen MR) is 121 cm³/mol. The van der Waals surface area contributed by atoms with Crippen LogP contribution in [0.15, 0.2) is 36.7 Å². The first-order valence-electron chi connectivity index (χ1n) is 10.6. The molecule has 6 nitrogen and oxygen atoms in total. The summed E-state index contributed by atoms with van der Waals surface area (Å²) in [7, 11) is 0. The zero-order valence-electron chi connectivity index (χ0n) is 19.1. The van der Waals surface area contributed by atoms with Gasteiger partial charge in [0, 0.05) is 36.8 Å². The number of ether oxygens (including phenoxy) is 1. The largest absolute Gasteiger partial charge is 0.444 e. The Hall–Kier alpha value is -2.96. The number of nitrogens with zero attached hydrogens (tertiary/aromatic N) is 4. The molecular formula is C24H31FN4O2. The topological polar surface area (TPSA) is 58.6 Å². The summed E-state index contributed by atoms with van der Waals surface area (Å²) in [5, 5.41) is 0. The van der Waals surface area contributed by atoms with Gasteiger partial charge in [0.2, 0.25) is 0 Å². The maximum absolute atomic E-state index is 14.6. The quantitative estimate of drug-likeness (QED) is 0.704. The molecule has 0 saturated carbocycles. The minimum absolute atomic E-state index is 0.0609. The average molecular weight is 427 g/mol. The predicted octanol–water partition coefficient (Wildman–Crippen LogP) is 4.82. The van der Waals surface area contributed by atoms with E-state index < -0.39 is 5.60 Å². The van der Waals surface area contributed by atoms with E-state index in [0.717, 1.165) is 22.6 Å². The summed E-state index contributed by atoms with van der Waals surface area (Å²) in [5.74, 6) is 0.465. The number of hydrogen-bond acceptors (Lipinski definition) is 5. The zero-order valence-corrected chi connectivity index (χ0v) is 19.1. The van der Waals surface area contributed by atoms with Crippen molar-refractivity contribution in [1.29, 1.82) is 0 Å². The third-order valence-electron chi connectivity index (χ3n) is 5.29. The normalized spacial score (nSPS) is 17.6. The number of allylic oxidation sites excluding steroid dienone is 1. The van der Waals surface area contributed by atoms with Gasteiger partial charge in [-0.05, 0) is 53.2 Å². The van der Waals surface area contributed by atoms with Crippen molar-refractivity contribution in [2.24, 2.45) is 0 Å². The third-order valence-corrected chi connectivity index (χ3v) is 5.29. The average Bonchev–Trinajstić information content (AvgIpc) is 2.69. The smallest absolute Gasteiger partial charge is 0.410 e. The lowest BCUT2D eigenvalue weighted by Gasteiger charge is -2.41. The molecule has 1 unspecified atom stereocenters. The molecule has 0 spiro atoms. The lowest BCUT2D eigenvalue weighted by Crippen LogP contribution is -2.55. The second-order valence-electron chi connectivity index (χ2n) is 8.81. The Morgan fingerprint density at radius 2 is 1.94 bits per heavy atom. The standard InChI is InChI=1S/C24H31FN4O2/c1-7-18(19-10-8-9-11-20(19)25)21-17(3)26-15-27-22(21)28-12-13-29(16(2)14-28)23(30)31-24(4,5)6/h7-11,15-16H,12-14H2,1-6H3/b18-7-. The number of carbonyl (C=O) groups excluding carboxylic acids is 1. The molecule has 1 saturated heterocycles. The van der Waals surface area contributed by atoms with Crippen LogP contribution in [0.5, 0.6) is 0 Å². The molecule has 1 aromatic carbocycles. The van der Waals surface area contributed by atoms with E-state index in [1.807, 2.05) is 53.7 Å². The summed E-state index contributed by atoms with van der Waals surface area (Å²) in [4.78, 5) is 25.4. The van der Waals surface area contributed by atoms with Crippen LogP contribution in [-0.2, 0) is 4.74 Å². The fourth-order valence-corrected chi connectivity index (χ4v) is 3.87. The van der Waals surface area contributed by atoms with Crippen LogP contribution < -0.4 is 4.90 Å². The molecule has 3 rings (SSSR count). The number of halogens is 1. The Kier molecular flexibility index (Phi) is 6.62. The molecule has 1 fully saturated rings. The van der Waals surface area contributed by atoms with E-state index in [9.17, 15) is 9.18 Å². The molecule has 31 heavy (non-hydrogen) atoms. The lowest BCUT2D eigenvalue weighted by molar-refractivity contribution is 0.0158. The van der Waals surface area contributed by atoms with Crippen LogP contribution in [0.3, 0.4) is 0 Å². The van der Waals surface area contributed by atoms with E-state index in [-0.39, 0.29) is 18.0 Å². The number of carbonyl (C=O) groups is 1. The van der Waals surface area contributed by atoms with Crippen molar-refractivity contribution >= 4 is 17.5 Å². The van der Waals surface area contributed by atoms with Gasteiger partial charge in [-0.15, -0.1) is 0 Å². The molecule has 2 heterocycles. The number of piperazine rings is 1. The zero-order chi connectivity index (χ0) is 22.8. The van der Waals surface area contributed by atoms with Crippen molar-refractivity contribution in [3.8, 4) is 0 Å². The van der Waals surface area contributed by atoms with Gasteiger partial charge in [-0.3, -0.25) is 0 Å². The summed E-state index contributed by atoms with van der Waals surface area (Å²) >= 11 is 0.